The second kappa shape index (κ2) is 7.98. The lowest BCUT2D eigenvalue weighted by Gasteiger charge is -2.14. The first-order valence-electron chi connectivity index (χ1n) is 10.8. The molecule has 0 fully saturated rings. The zero-order chi connectivity index (χ0) is 20.8. The molecule has 5 rings (SSSR count). The van der Waals surface area contributed by atoms with Crippen LogP contribution in [0.4, 0.5) is 0 Å². The summed E-state index contributed by atoms with van der Waals surface area (Å²) in [5.41, 5.74) is 2.84. The second-order valence-corrected chi connectivity index (χ2v) is 9.83. The maximum Gasteiger partial charge on any atom is 0.0333 e. The van der Waals surface area contributed by atoms with E-state index in [9.17, 15) is 0 Å². The Morgan fingerprint density at radius 2 is 1.20 bits per heavy atom. The van der Waals surface area contributed by atoms with Crippen molar-refractivity contribution in [2.24, 2.45) is 0 Å². The van der Waals surface area contributed by atoms with Crippen molar-refractivity contribution < 1.29 is 0 Å². The minimum atomic E-state index is 1.11. The van der Waals surface area contributed by atoms with Crippen LogP contribution >= 0.6 is 31.9 Å². The first kappa shape index (κ1) is 20.0. The van der Waals surface area contributed by atoms with E-state index in [0.29, 0.717) is 0 Å². The molecule has 0 aliphatic carbocycles. The van der Waals surface area contributed by atoms with Gasteiger partial charge in [0, 0.05) is 8.95 Å². The minimum Gasteiger partial charge on any atom is -0.0651 e. The third-order valence-electron chi connectivity index (χ3n) is 6.15. The summed E-state index contributed by atoms with van der Waals surface area (Å²) in [6, 6.07) is 23.0. The third kappa shape index (κ3) is 3.25. The second-order valence-electron chi connectivity index (χ2n) is 8.24. The van der Waals surface area contributed by atoms with Crippen LogP contribution in [0.1, 0.15) is 37.8 Å². The van der Waals surface area contributed by atoms with Crippen molar-refractivity contribution in [2.45, 2.75) is 39.5 Å². The van der Waals surface area contributed by atoms with Crippen molar-refractivity contribution in [1.29, 1.82) is 0 Å². The molecule has 150 valence electrons. The zero-order valence-electron chi connectivity index (χ0n) is 17.4. The molecule has 0 heterocycles. The van der Waals surface area contributed by atoms with E-state index in [2.05, 4.69) is 106 Å². The molecule has 0 atom stereocenters. The van der Waals surface area contributed by atoms with Crippen LogP contribution < -0.4 is 0 Å². The van der Waals surface area contributed by atoms with Crippen LogP contribution in [0.5, 0.6) is 0 Å². The molecule has 5 aromatic carbocycles. The first-order valence-corrected chi connectivity index (χ1v) is 12.4. The lowest BCUT2D eigenvalue weighted by Crippen LogP contribution is -1.89. The van der Waals surface area contributed by atoms with Crippen LogP contribution in [-0.2, 0) is 12.8 Å². The SMILES string of the molecule is CCCc1ccc2cc3c(Br)c4cc5c(CCC)cccc5cc4c(Br)c3cc2c1. The van der Waals surface area contributed by atoms with Gasteiger partial charge in [-0.15, -0.1) is 0 Å². The van der Waals surface area contributed by atoms with Crippen LogP contribution in [0.3, 0.4) is 0 Å². The molecule has 0 saturated carbocycles. The van der Waals surface area contributed by atoms with Gasteiger partial charge in [0.05, 0.1) is 0 Å². The summed E-state index contributed by atoms with van der Waals surface area (Å²) in [5, 5.41) is 10.3. The van der Waals surface area contributed by atoms with Crippen LogP contribution in [0.25, 0.3) is 43.1 Å². The zero-order valence-corrected chi connectivity index (χ0v) is 20.5. The molecule has 0 nitrogen and oxygen atoms in total. The molecule has 0 bridgehead atoms. The Balaban J connectivity index is 1.86. The van der Waals surface area contributed by atoms with E-state index in [1.165, 1.54) is 69.6 Å². The molecule has 0 amide bonds. The molecule has 5 aromatic rings. The Morgan fingerprint density at radius 1 is 0.567 bits per heavy atom. The molecule has 0 saturated heterocycles. The van der Waals surface area contributed by atoms with E-state index in [-0.39, 0.29) is 0 Å². The van der Waals surface area contributed by atoms with Crippen molar-refractivity contribution in [3.8, 4) is 0 Å². The normalized spacial score (nSPS) is 11.9. The standard InChI is InChI=1S/C28H24Br2/c1-3-6-17-10-11-19-13-23-25(15-21(19)12-17)27(29)24-14-20-9-5-8-18(7-4-2)22(20)16-26(24)28(23)30/h5,8-16H,3-4,6-7H2,1-2H3. The molecular weight excluding hydrogens is 496 g/mol. The van der Waals surface area contributed by atoms with Crippen molar-refractivity contribution in [3.63, 3.8) is 0 Å². The predicted molar refractivity (Wildman–Crippen MR) is 140 cm³/mol. The van der Waals surface area contributed by atoms with Gasteiger partial charge in [0.2, 0.25) is 0 Å². The van der Waals surface area contributed by atoms with Crippen LogP contribution in [0, 0.1) is 0 Å². The Labute approximate surface area is 194 Å². The monoisotopic (exact) mass is 518 g/mol. The topological polar surface area (TPSA) is 0 Å². The maximum atomic E-state index is 3.97. The Morgan fingerprint density at radius 3 is 1.90 bits per heavy atom. The number of fused-ring (bicyclic) bond motifs is 4. The highest BCUT2D eigenvalue weighted by Crippen LogP contribution is 2.43. The van der Waals surface area contributed by atoms with Gasteiger partial charge in [-0.05, 0) is 123 Å². The fraction of sp³-hybridized carbons (Fsp3) is 0.214. The van der Waals surface area contributed by atoms with Gasteiger partial charge in [0.15, 0.2) is 0 Å². The molecular formula is C28H24Br2. The highest BCUT2D eigenvalue weighted by molar-refractivity contribution is 9.11. The molecule has 0 unspecified atom stereocenters. The number of benzene rings is 5. The van der Waals surface area contributed by atoms with Gasteiger partial charge in [-0.2, -0.15) is 0 Å². The minimum absolute atomic E-state index is 1.11. The van der Waals surface area contributed by atoms with Crippen molar-refractivity contribution >= 4 is 74.9 Å². The summed E-state index contributed by atoms with van der Waals surface area (Å²) < 4.78 is 2.37. The largest absolute Gasteiger partial charge is 0.0651 e. The summed E-state index contributed by atoms with van der Waals surface area (Å²) in [6.45, 7) is 4.48. The van der Waals surface area contributed by atoms with Gasteiger partial charge < -0.3 is 0 Å². The van der Waals surface area contributed by atoms with Crippen molar-refractivity contribution in [1.82, 2.24) is 0 Å². The molecule has 0 N–H and O–H groups in total. The number of rotatable bonds is 4. The Kier molecular flexibility index (Phi) is 5.33. The summed E-state index contributed by atoms with van der Waals surface area (Å²) in [7, 11) is 0. The quantitative estimate of drug-likeness (QED) is 0.207. The summed E-state index contributed by atoms with van der Waals surface area (Å²) in [6.07, 6.45) is 4.57. The van der Waals surface area contributed by atoms with Crippen molar-refractivity contribution in [3.05, 3.63) is 80.7 Å². The molecule has 0 aromatic heterocycles. The van der Waals surface area contributed by atoms with E-state index in [0.717, 1.165) is 19.3 Å². The van der Waals surface area contributed by atoms with E-state index in [4.69, 9.17) is 0 Å². The molecule has 0 aliphatic heterocycles. The number of hydrogen-bond donors (Lipinski definition) is 0. The maximum absolute atomic E-state index is 3.97. The molecule has 0 aliphatic rings. The lowest BCUT2D eigenvalue weighted by atomic mass is 9.94. The summed E-state index contributed by atoms with van der Waals surface area (Å²) >= 11 is 7.94. The fourth-order valence-electron chi connectivity index (χ4n) is 4.69. The average molecular weight is 520 g/mol. The van der Waals surface area contributed by atoms with E-state index < -0.39 is 0 Å². The van der Waals surface area contributed by atoms with Crippen molar-refractivity contribution in [2.75, 3.05) is 0 Å². The highest BCUT2D eigenvalue weighted by atomic mass is 79.9. The van der Waals surface area contributed by atoms with Gasteiger partial charge >= 0.3 is 0 Å². The van der Waals surface area contributed by atoms with Gasteiger partial charge in [-0.25, -0.2) is 0 Å². The fourth-order valence-corrected chi connectivity index (χ4v) is 6.00. The van der Waals surface area contributed by atoms with Gasteiger partial charge in [0.1, 0.15) is 0 Å². The van der Waals surface area contributed by atoms with Gasteiger partial charge in [-0.3, -0.25) is 0 Å². The first-order chi connectivity index (χ1) is 14.6. The smallest absolute Gasteiger partial charge is 0.0333 e. The summed E-state index contributed by atoms with van der Waals surface area (Å²) in [5.74, 6) is 0. The number of aryl methyl sites for hydroxylation is 2. The lowest BCUT2D eigenvalue weighted by molar-refractivity contribution is 0.924. The molecule has 2 heteroatoms. The van der Waals surface area contributed by atoms with Gasteiger partial charge in [-0.1, -0.05) is 63.1 Å². The third-order valence-corrected chi connectivity index (χ3v) is 7.86. The predicted octanol–water partition coefficient (Wildman–Crippen LogP) is 9.73. The molecule has 30 heavy (non-hydrogen) atoms. The number of hydrogen-bond acceptors (Lipinski definition) is 0. The van der Waals surface area contributed by atoms with Gasteiger partial charge in [0.25, 0.3) is 0 Å². The average Bonchev–Trinajstić information content (AvgIpc) is 2.76. The molecule has 0 spiro atoms. The molecule has 0 radical (unpaired) electrons. The highest BCUT2D eigenvalue weighted by Gasteiger charge is 2.14. The van der Waals surface area contributed by atoms with E-state index in [1.807, 2.05) is 0 Å². The number of halogens is 2. The van der Waals surface area contributed by atoms with E-state index >= 15 is 0 Å². The summed E-state index contributed by atoms with van der Waals surface area (Å²) in [4.78, 5) is 0. The Bertz CT molecular complexity index is 1420. The van der Waals surface area contributed by atoms with Crippen LogP contribution in [0.15, 0.2) is 69.6 Å². The Hall–Kier alpha value is -1.90. The van der Waals surface area contributed by atoms with Crippen LogP contribution in [-0.4, -0.2) is 0 Å². The van der Waals surface area contributed by atoms with E-state index in [1.54, 1.807) is 0 Å². The van der Waals surface area contributed by atoms with Crippen LogP contribution in [0.2, 0.25) is 0 Å².